The van der Waals surface area contributed by atoms with Gasteiger partial charge in [-0.2, -0.15) is 0 Å². The number of carbonyl (C=O) groups excluding carboxylic acids is 1. The Bertz CT molecular complexity index is 683. The first-order chi connectivity index (χ1) is 9.68. The van der Waals surface area contributed by atoms with E-state index in [-0.39, 0.29) is 15.6 Å². The molecule has 0 aliphatic heterocycles. The van der Waals surface area contributed by atoms with E-state index >= 15 is 0 Å². The molecule has 0 bridgehead atoms. The molecule has 8 heteroatoms. The molecule has 1 saturated carbocycles. The minimum Gasteiger partial charge on any atom is -0.347 e. The number of rotatable bonds is 4. The molecule has 1 fully saturated rings. The van der Waals surface area contributed by atoms with Crippen LogP contribution in [0.15, 0.2) is 21.5 Å². The fraction of sp³-hybridized carbons (Fsp3) is 0.462. The highest BCUT2D eigenvalue weighted by Crippen LogP contribution is 2.35. The van der Waals surface area contributed by atoms with Crippen LogP contribution in [-0.2, 0) is 9.05 Å². The average Bonchev–Trinajstić information content (AvgIpc) is 2.31. The van der Waals surface area contributed by atoms with Crippen LogP contribution in [0.5, 0.6) is 0 Å². The fourth-order valence-electron chi connectivity index (χ4n) is 2.37. The van der Waals surface area contributed by atoms with Gasteiger partial charge < -0.3 is 5.32 Å². The number of hydrogen-bond acceptors (Lipinski definition) is 3. The number of benzene rings is 1. The summed E-state index contributed by atoms with van der Waals surface area (Å²) in [6, 6.07) is 1.89. The van der Waals surface area contributed by atoms with Crippen LogP contribution >= 0.6 is 26.6 Å². The summed E-state index contributed by atoms with van der Waals surface area (Å²) in [6.07, 6.45) is 3.60. The normalized spacial score (nSPS) is 17.1. The van der Waals surface area contributed by atoms with Gasteiger partial charge in [0, 0.05) is 20.7 Å². The van der Waals surface area contributed by atoms with E-state index in [0.717, 1.165) is 37.8 Å². The number of amides is 1. The molecule has 0 heterocycles. The molecule has 1 aromatic rings. The van der Waals surface area contributed by atoms with Crippen LogP contribution < -0.4 is 5.32 Å². The summed E-state index contributed by atoms with van der Waals surface area (Å²) in [6.45, 7) is 1.98. The summed E-state index contributed by atoms with van der Waals surface area (Å²) in [4.78, 5) is 11.6. The van der Waals surface area contributed by atoms with E-state index in [9.17, 15) is 17.6 Å². The highest BCUT2D eigenvalue weighted by molar-refractivity contribution is 9.10. The Hall–Kier alpha value is -0.660. The Morgan fingerprint density at radius 2 is 2.10 bits per heavy atom. The second-order valence-electron chi connectivity index (χ2n) is 5.14. The Kier molecular flexibility index (Phi) is 4.66. The van der Waals surface area contributed by atoms with Gasteiger partial charge in [0.05, 0.1) is 5.56 Å². The molecule has 1 amide bonds. The Balaban J connectivity index is 2.37. The zero-order valence-electron chi connectivity index (χ0n) is 11.3. The molecule has 0 radical (unpaired) electrons. The van der Waals surface area contributed by atoms with Crippen LogP contribution in [0.2, 0.25) is 0 Å². The Labute approximate surface area is 135 Å². The number of hydrogen-bond donors (Lipinski definition) is 1. The first-order valence-electron chi connectivity index (χ1n) is 6.45. The lowest BCUT2D eigenvalue weighted by Gasteiger charge is -2.42. The third-order valence-electron chi connectivity index (χ3n) is 3.90. The molecular formula is C13H14BrClFNO3S. The van der Waals surface area contributed by atoms with Crippen molar-refractivity contribution in [3.05, 3.63) is 28.0 Å². The van der Waals surface area contributed by atoms with E-state index in [1.807, 2.05) is 6.92 Å². The number of nitrogens with one attached hydrogen (secondary N) is 1. The van der Waals surface area contributed by atoms with E-state index in [2.05, 4.69) is 21.2 Å². The second kappa shape index (κ2) is 5.85. The lowest BCUT2D eigenvalue weighted by molar-refractivity contribution is 0.0819. The summed E-state index contributed by atoms with van der Waals surface area (Å²) in [5, 5.41) is 2.91. The SMILES string of the molecule is CCC1(NC(=O)c2cc(S(=O)(=O)Cl)c(F)cc2Br)CCC1. The van der Waals surface area contributed by atoms with Gasteiger partial charge >= 0.3 is 0 Å². The van der Waals surface area contributed by atoms with Gasteiger partial charge in [0.2, 0.25) is 0 Å². The molecular weight excluding hydrogens is 385 g/mol. The van der Waals surface area contributed by atoms with Gasteiger partial charge in [-0.3, -0.25) is 4.79 Å². The van der Waals surface area contributed by atoms with Crippen LogP contribution in [0.4, 0.5) is 4.39 Å². The zero-order chi connectivity index (χ0) is 15.8. The molecule has 0 aromatic heterocycles. The lowest BCUT2D eigenvalue weighted by Crippen LogP contribution is -2.53. The topological polar surface area (TPSA) is 63.2 Å². The van der Waals surface area contributed by atoms with Crippen molar-refractivity contribution in [1.82, 2.24) is 5.32 Å². The predicted octanol–water partition coefficient (Wildman–Crippen LogP) is 3.58. The molecule has 21 heavy (non-hydrogen) atoms. The van der Waals surface area contributed by atoms with Crippen molar-refractivity contribution in [2.24, 2.45) is 0 Å². The third kappa shape index (κ3) is 3.40. The van der Waals surface area contributed by atoms with E-state index in [1.54, 1.807) is 0 Å². The van der Waals surface area contributed by atoms with Crippen molar-refractivity contribution in [3.8, 4) is 0 Å². The van der Waals surface area contributed by atoms with Gasteiger partial charge in [0.25, 0.3) is 15.0 Å². The van der Waals surface area contributed by atoms with Gasteiger partial charge in [-0.1, -0.05) is 6.92 Å². The summed E-state index contributed by atoms with van der Waals surface area (Å²) < 4.78 is 36.5. The monoisotopic (exact) mass is 397 g/mol. The van der Waals surface area contributed by atoms with Crippen molar-refractivity contribution >= 4 is 41.6 Å². The molecule has 0 saturated heterocycles. The van der Waals surface area contributed by atoms with E-state index in [0.29, 0.717) is 0 Å². The highest BCUT2D eigenvalue weighted by atomic mass is 79.9. The standard InChI is InChI=1S/C13H14BrClFNO3S/c1-2-13(4-3-5-13)17-12(18)8-6-11(21(15,19)20)10(16)7-9(8)14/h6-7H,2-5H2,1H3,(H,17,18). The average molecular weight is 399 g/mol. The molecule has 0 spiro atoms. The van der Waals surface area contributed by atoms with E-state index < -0.39 is 25.7 Å². The van der Waals surface area contributed by atoms with Gasteiger partial charge in [-0.05, 0) is 53.7 Å². The molecule has 1 N–H and O–H groups in total. The summed E-state index contributed by atoms with van der Waals surface area (Å²) in [5.41, 5.74) is -0.194. The second-order valence-corrected chi connectivity index (χ2v) is 8.53. The van der Waals surface area contributed by atoms with Crippen molar-refractivity contribution < 1.29 is 17.6 Å². The molecule has 1 aliphatic rings. The predicted molar refractivity (Wildman–Crippen MR) is 81.5 cm³/mol. The van der Waals surface area contributed by atoms with Crippen LogP contribution in [0.25, 0.3) is 0 Å². The zero-order valence-corrected chi connectivity index (χ0v) is 14.4. The smallest absolute Gasteiger partial charge is 0.264 e. The van der Waals surface area contributed by atoms with Crippen LogP contribution in [0.3, 0.4) is 0 Å². The lowest BCUT2D eigenvalue weighted by atomic mass is 9.74. The number of carbonyl (C=O) groups is 1. The van der Waals surface area contributed by atoms with Crippen molar-refractivity contribution in [2.45, 2.75) is 43.0 Å². The van der Waals surface area contributed by atoms with Gasteiger partial charge in [0.15, 0.2) is 0 Å². The van der Waals surface area contributed by atoms with Gasteiger partial charge in [-0.15, -0.1) is 0 Å². The van der Waals surface area contributed by atoms with Crippen LogP contribution in [-0.4, -0.2) is 19.9 Å². The molecule has 2 rings (SSSR count). The number of halogens is 3. The maximum absolute atomic E-state index is 13.6. The highest BCUT2D eigenvalue weighted by Gasteiger charge is 2.37. The van der Waals surface area contributed by atoms with Crippen molar-refractivity contribution in [1.29, 1.82) is 0 Å². The van der Waals surface area contributed by atoms with Gasteiger partial charge in [-0.25, -0.2) is 12.8 Å². The fourth-order valence-corrected chi connectivity index (χ4v) is 3.77. The molecule has 4 nitrogen and oxygen atoms in total. The first kappa shape index (κ1) is 16.7. The molecule has 1 aromatic carbocycles. The minimum absolute atomic E-state index is 0.0513. The molecule has 0 unspecified atom stereocenters. The molecule has 116 valence electrons. The molecule has 1 aliphatic carbocycles. The maximum Gasteiger partial charge on any atom is 0.264 e. The Morgan fingerprint density at radius 3 is 2.52 bits per heavy atom. The van der Waals surface area contributed by atoms with Crippen molar-refractivity contribution in [2.75, 3.05) is 0 Å². The largest absolute Gasteiger partial charge is 0.347 e. The Morgan fingerprint density at radius 1 is 1.48 bits per heavy atom. The van der Waals surface area contributed by atoms with E-state index in [4.69, 9.17) is 10.7 Å². The van der Waals surface area contributed by atoms with E-state index in [1.165, 1.54) is 0 Å². The van der Waals surface area contributed by atoms with Crippen molar-refractivity contribution in [3.63, 3.8) is 0 Å². The van der Waals surface area contributed by atoms with Crippen LogP contribution in [0, 0.1) is 5.82 Å². The van der Waals surface area contributed by atoms with Gasteiger partial charge in [0.1, 0.15) is 10.7 Å². The third-order valence-corrected chi connectivity index (χ3v) is 5.89. The summed E-state index contributed by atoms with van der Waals surface area (Å²) in [7, 11) is 0.926. The summed E-state index contributed by atoms with van der Waals surface area (Å²) in [5.74, 6) is -1.44. The summed E-state index contributed by atoms with van der Waals surface area (Å²) >= 11 is 3.08. The maximum atomic E-state index is 13.6. The molecule has 0 atom stereocenters. The first-order valence-corrected chi connectivity index (χ1v) is 9.55. The minimum atomic E-state index is -4.25. The quantitative estimate of drug-likeness (QED) is 0.789. The van der Waals surface area contributed by atoms with Crippen LogP contribution in [0.1, 0.15) is 43.0 Å².